The topological polar surface area (TPSA) is 54.6 Å². The first kappa shape index (κ1) is 16.4. The van der Waals surface area contributed by atoms with Gasteiger partial charge in [-0.25, -0.2) is 4.39 Å². The molecule has 0 aliphatic carbocycles. The quantitative estimate of drug-likeness (QED) is 0.783. The number of H-pyrrole nitrogens is 1. The van der Waals surface area contributed by atoms with Crippen LogP contribution in [0.15, 0.2) is 36.4 Å². The van der Waals surface area contributed by atoms with Crippen molar-refractivity contribution in [2.45, 2.75) is 13.0 Å². The van der Waals surface area contributed by atoms with Gasteiger partial charge >= 0.3 is 0 Å². The van der Waals surface area contributed by atoms with E-state index in [2.05, 4.69) is 4.98 Å². The number of nitrogens with zero attached hydrogens (tertiary/aromatic N) is 1. The Morgan fingerprint density at radius 3 is 2.69 bits per heavy atom. The predicted molar refractivity (Wildman–Crippen MR) is 96.2 cm³/mol. The minimum atomic E-state index is -0.275. The summed E-state index contributed by atoms with van der Waals surface area (Å²) in [5.74, 6) is 0.743. The first-order chi connectivity index (χ1) is 12.6. The van der Waals surface area contributed by atoms with Crippen LogP contribution in [0, 0.1) is 5.82 Å². The highest BCUT2D eigenvalue weighted by molar-refractivity contribution is 5.95. The van der Waals surface area contributed by atoms with Crippen molar-refractivity contribution in [2.24, 2.45) is 0 Å². The van der Waals surface area contributed by atoms with Crippen molar-refractivity contribution < 1.29 is 18.7 Å². The van der Waals surface area contributed by atoms with Gasteiger partial charge in [-0.3, -0.25) is 4.79 Å². The second-order valence-corrected chi connectivity index (χ2v) is 6.32. The molecule has 1 amide bonds. The molecule has 4 rings (SSSR count). The van der Waals surface area contributed by atoms with Crippen molar-refractivity contribution in [1.82, 2.24) is 9.88 Å². The Balaban J connectivity index is 1.65. The number of halogens is 1. The maximum Gasteiger partial charge on any atom is 0.254 e. The second kappa shape index (κ2) is 6.37. The summed E-state index contributed by atoms with van der Waals surface area (Å²) in [4.78, 5) is 18.1. The molecule has 6 heteroatoms. The van der Waals surface area contributed by atoms with Gasteiger partial charge in [0.15, 0.2) is 11.5 Å². The summed E-state index contributed by atoms with van der Waals surface area (Å²) in [7, 11) is 3.10. The maximum atomic E-state index is 13.6. The maximum absolute atomic E-state index is 13.6. The van der Waals surface area contributed by atoms with Crippen molar-refractivity contribution >= 4 is 16.8 Å². The molecule has 0 saturated carbocycles. The summed E-state index contributed by atoms with van der Waals surface area (Å²) < 4.78 is 24.1. The number of hydrogen-bond acceptors (Lipinski definition) is 3. The van der Waals surface area contributed by atoms with E-state index in [0.717, 1.165) is 22.2 Å². The van der Waals surface area contributed by atoms with E-state index >= 15 is 0 Å². The normalized spacial score (nSPS) is 13.6. The Hall–Kier alpha value is -3.02. The van der Waals surface area contributed by atoms with E-state index in [4.69, 9.17) is 9.47 Å². The predicted octanol–water partition coefficient (Wildman–Crippen LogP) is 3.52. The highest BCUT2D eigenvalue weighted by Gasteiger charge is 2.25. The summed E-state index contributed by atoms with van der Waals surface area (Å²) >= 11 is 0. The number of aromatic amines is 1. The van der Waals surface area contributed by atoms with Gasteiger partial charge in [0.1, 0.15) is 5.82 Å². The SMILES string of the molecule is COc1ccc(C(=O)N2CCc3[nH]c4ccc(F)cc4c3C2)cc1OC. The number of nitrogens with one attached hydrogen (secondary N) is 1. The van der Waals surface area contributed by atoms with E-state index in [0.29, 0.717) is 36.6 Å². The van der Waals surface area contributed by atoms with Crippen LogP contribution in [0.25, 0.3) is 10.9 Å². The average Bonchev–Trinajstić information content (AvgIpc) is 3.03. The Kier molecular flexibility index (Phi) is 4.03. The number of carbonyl (C=O) groups is 1. The van der Waals surface area contributed by atoms with Gasteiger partial charge in [-0.2, -0.15) is 0 Å². The highest BCUT2D eigenvalue weighted by atomic mass is 19.1. The van der Waals surface area contributed by atoms with Crippen molar-refractivity contribution in [3.8, 4) is 11.5 Å². The average molecular weight is 354 g/mol. The molecule has 0 unspecified atom stereocenters. The molecule has 5 nitrogen and oxygen atoms in total. The minimum Gasteiger partial charge on any atom is -0.493 e. The van der Waals surface area contributed by atoms with Gasteiger partial charge in [0, 0.05) is 47.2 Å². The first-order valence-corrected chi connectivity index (χ1v) is 8.41. The van der Waals surface area contributed by atoms with E-state index in [1.54, 1.807) is 43.4 Å². The minimum absolute atomic E-state index is 0.0812. The van der Waals surface area contributed by atoms with E-state index in [1.807, 2.05) is 0 Å². The van der Waals surface area contributed by atoms with E-state index < -0.39 is 0 Å². The monoisotopic (exact) mass is 354 g/mol. The Morgan fingerprint density at radius 1 is 1.12 bits per heavy atom. The Bertz CT molecular complexity index is 996. The van der Waals surface area contributed by atoms with Gasteiger partial charge in [0.25, 0.3) is 5.91 Å². The molecule has 0 fully saturated rings. The number of carbonyl (C=O) groups excluding carboxylic acids is 1. The summed E-state index contributed by atoms with van der Waals surface area (Å²) in [6.07, 6.45) is 0.713. The van der Waals surface area contributed by atoms with E-state index in [1.165, 1.54) is 12.1 Å². The van der Waals surface area contributed by atoms with Gasteiger partial charge in [0.2, 0.25) is 0 Å². The highest BCUT2D eigenvalue weighted by Crippen LogP contribution is 2.31. The molecule has 0 spiro atoms. The van der Waals surface area contributed by atoms with E-state index in [-0.39, 0.29) is 11.7 Å². The largest absolute Gasteiger partial charge is 0.493 e. The van der Waals surface area contributed by atoms with Gasteiger partial charge < -0.3 is 19.4 Å². The van der Waals surface area contributed by atoms with Crippen molar-refractivity contribution in [3.63, 3.8) is 0 Å². The fourth-order valence-electron chi connectivity index (χ4n) is 3.51. The Morgan fingerprint density at radius 2 is 1.92 bits per heavy atom. The van der Waals surface area contributed by atoms with Gasteiger partial charge in [-0.1, -0.05) is 0 Å². The van der Waals surface area contributed by atoms with Crippen molar-refractivity contribution in [1.29, 1.82) is 0 Å². The van der Waals surface area contributed by atoms with Crippen LogP contribution in [0.1, 0.15) is 21.6 Å². The molecule has 134 valence electrons. The number of benzene rings is 2. The lowest BCUT2D eigenvalue weighted by Gasteiger charge is -2.27. The first-order valence-electron chi connectivity index (χ1n) is 8.41. The summed E-state index contributed by atoms with van der Waals surface area (Å²) in [5.41, 5.74) is 3.50. The lowest BCUT2D eigenvalue weighted by Crippen LogP contribution is -2.35. The second-order valence-electron chi connectivity index (χ2n) is 6.32. The molecule has 26 heavy (non-hydrogen) atoms. The molecule has 1 aliphatic rings. The standard InChI is InChI=1S/C20H19FN2O3/c1-25-18-6-3-12(9-19(18)26-2)20(24)23-8-7-17-15(11-23)14-10-13(21)4-5-16(14)22-17/h3-6,9-10,22H,7-8,11H2,1-2H3. The third-order valence-corrected chi connectivity index (χ3v) is 4.85. The molecule has 0 bridgehead atoms. The van der Waals surface area contributed by atoms with Crippen LogP contribution in [0.5, 0.6) is 11.5 Å². The molecule has 0 atom stereocenters. The fourth-order valence-corrected chi connectivity index (χ4v) is 3.51. The summed E-state index contributed by atoms with van der Waals surface area (Å²) in [5, 5.41) is 0.838. The number of aromatic nitrogens is 1. The molecule has 1 aromatic heterocycles. The van der Waals surface area contributed by atoms with Crippen LogP contribution >= 0.6 is 0 Å². The number of ether oxygens (including phenoxy) is 2. The number of amides is 1. The molecule has 3 aromatic rings. The van der Waals surface area contributed by atoms with Crippen LogP contribution in [0.4, 0.5) is 4.39 Å². The molecule has 1 aliphatic heterocycles. The number of hydrogen-bond donors (Lipinski definition) is 1. The number of methoxy groups -OCH3 is 2. The third-order valence-electron chi connectivity index (χ3n) is 4.85. The Labute approximate surface area is 150 Å². The van der Waals surface area contributed by atoms with Crippen LogP contribution in [-0.4, -0.2) is 36.6 Å². The fraction of sp³-hybridized carbons (Fsp3) is 0.250. The molecule has 2 heterocycles. The summed E-state index contributed by atoms with van der Waals surface area (Å²) in [6.45, 7) is 1.06. The van der Waals surface area contributed by atoms with Crippen molar-refractivity contribution in [3.05, 3.63) is 59.0 Å². The lowest BCUT2D eigenvalue weighted by molar-refractivity contribution is 0.0734. The molecule has 1 N–H and O–H groups in total. The van der Waals surface area contributed by atoms with Crippen LogP contribution in [-0.2, 0) is 13.0 Å². The van der Waals surface area contributed by atoms with Gasteiger partial charge in [0.05, 0.1) is 14.2 Å². The van der Waals surface area contributed by atoms with Crippen LogP contribution in [0.2, 0.25) is 0 Å². The van der Waals surface area contributed by atoms with Crippen molar-refractivity contribution in [2.75, 3.05) is 20.8 Å². The zero-order valence-electron chi connectivity index (χ0n) is 14.6. The van der Waals surface area contributed by atoms with Gasteiger partial charge in [-0.05, 0) is 36.4 Å². The van der Waals surface area contributed by atoms with Gasteiger partial charge in [-0.15, -0.1) is 0 Å². The number of rotatable bonds is 3. The molecule has 2 aromatic carbocycles. The number of fused-ring (bicyclic) bond motifs is 3. The molecular weight excluding hydrogens is 335 g/mol. The smallest absolute Gasteiger partial charge is 0.254 e. The molecule has 0 radical (unpaired) electrons. The molecular formula is C20H19FN2O3. The summed E-state index contributed by atoms with van der Waals surface area (Å²) in [6, 6.07) is 9.84. The zero-order chi connectivity index (χ0) is 18.3. The lowest BCUT2D eigenvalue weighted by atomic mass is 10.0. The molecule has 0 saturated heterocycles. The van der Waals surface area contributed by atoms with Crippen LogP contribution in [0.3, 0.4) is 0 Å². The van der Waals surface area contributed by atoms with Crippen LogP contribution < -0.4 is 9.47 Å². The zero-order valence-corrected chi connectivity index (χ0v) is 14.6. The third kappa shape index (κ3) is 2.67. The van der Waals surface area contributed by atoms with E-state index in [9.17, 15) is 9.18 Å².